The molecule has 0 fully saturated rings. The van der Waals surface area contributed by atoms with Crippen LogP contribution in [0.2, 0.25) is 0 Å². The van der Waals surface area contributed by atoms with Gasteiger partial charge in [0, 0.05) is 11.8 Å². The molecule has 0 aromatic heterocycles. The molecule has 0 spiro atoms. The fourth-order valence-corrected chi connectivity index (χ4v) is 2.69. The van der Waals surface area contributed by atoms with Gasteiger partial charge in [-0.15, -0.1) is 0 Å². The molecule has 0 aliphatic rings. The molecule has 0 aliphatic carbocycles. The number of esters is 1. The molecule has 0 atom stereocenters. The summed E-state index contributed by atoms with van der Waals surface area (Å²) in [6.07, 6.45) is 0.559. The Hall–Kier alpha value is -2.81. The van der Waals surface area contributed by atoms with Crippen LogP contribution in [0.4, 0.5) is 0 Å². The maximum atomic E-state index is 11.8. The first-order valence-corrected chi connectivity index (χ1v) is 7.64. The van der Waals surface area contributed by atoms with E-state index in [0.717, 1.165) is 21.9 Å². The molecular formula is C20H18O3. The third-order valence-corrected chi connectivity index (χ3v) is 3.82. The van der Waals surface area contributed by atoms with Gasteiger partial charge in [-0.3, -0.25) is 0 Å². The lowest BCUT2D eigenvalue weighted by Crippen LogP contribution is -2.05. The van der Waals surface area contributed by atoms with Crippen molar-refractivity contribution in [3.8, 4) is 5.75 Å². The average molecular weight is 306 g/mol. The van der Waals surface area contributed by atoms with Crippen LogP contribution in [0, 0.1) is 0 Å². The third kappa shape index (κ3) is 3.19. The number of fused-ring (bicyclic) bond motifs is 1. The molecule has 0 saturated carbocycles. The van der Waals surface area contributed by atoms with Gasteiger partial charge in [-0.1, -0.05) is 48.5 Å². The van der Waals surface area contributed by atoms with E-state index in [1.165, 1.54) is 0 Å². The molecule has 3 aromatic rings. The standard InChI is InChI=1S/C20H18O3/c1-2-23-20(22)17-8-5-6-14(13-17)12-16-11-10-15-7-3-4-9-18(15)19(16)21/h3-11,13,21H,2,12H2,1H3. The minimum Gasteiger partial charge on any atom is -0.507 e. The Morgan fingerprint density at radius 2 is 1.87 bits per heavy atom. The highest BCUT2D eigenvalue weighted by Crippen LogP contribution is 2.30. The van der Waals surface area contributed by atoms with Crippen molar-refractivity contribution in [2.45, 2.75) is 13.3 Å². The fourth-order valence-electron chi connectivity index (χ4n) is 2.69. The summed E-state index contributed by atoms with van der Waals surface area (Å²) in [5.41, 5.74) is 2.33. The molecule has 3 rings (SSSR count). The molecule has 3 heteroatoms. The minimum absolute atomic E-state index is 0.296. The van der Waals surface area contributed by atoms with Crippen molar-refractivity contribution < 1.29 is 14.6 Å². The maximum absolute atomic E-state index is 11.8. The number of aromatic hydroxyl groups is 1. The number of rotatable bonds is 4. The van der Waals surface area contributed by atoms with E-state index >= 15 is 0 Å². The molecule has 0 bridgehead atoms. The van der Waals surface area contributed by atoms with Gasteiger partial charge in [-0.05, 0) is 35.6 Å². The van der Waals surface area contributed by atoms with Crippen LogP contribution >= 0.6 is 0 Å². The van der Waals surface area contributed by atoms with Crippen molar-refractivity contribution >= 4 is 16.7 Å². The SMILES string of the molecule is CCOC(=O)c1cccc(Cc2ccc3ccccc3c2O)c1. The molecule has 0 aliphatic heterocycles. The number of hydrogen-bond acceptors (Lipinski definition) is 3. The van der Waals surface area contributed by atoms with Crippen LogP contribution < -0.4 is 0 Å². The van der Waals surface area contributed by atoms with E-state index in [2.05, 4.69) is 0 Å². The number of phenolic OH excluding ortho intramolecular Hbond substituents is 1. The molecule has 116 valence electrons. The molecular weight excluding hydrogens is 288 g/mol. The molecule has 0 heterocycles. The van der Waals surface area contributed by atoms with Crippen LogP contribution in [-0.2, 0) is 11.2 Å². The van der Waals surface area contributed by atoms with E-state index in [4.69, 9.17) is 4.74 Å². The first kappa shape index (κ1) is 15.1. The van der Waals surface area contributed by atoms with Crippen LogP contribution in [0.15, 0.2) is 60.7 Å². The maximum Gasteiger partial charge on any atom is 0.338 e. The van der Waals surface area contributed by atoms with Gasteiger partial charge in [0.25, 0.3) is 0 Å². The highest BCUT2D eigenvalue weighted by Gasteiger charge is 2.10. The van der Waals surface area contributed by atoms with E-state index in [-0.39, 0.29) is 5.97 Å². The Labute approximate surface area is 135 Å². The van der Waals surface area contributed by atoms with Crippen LogP contribution in [0.1, 0.15) is 28.4 Å². The van der Waals surface area contributed by atoms with E-state index in [9.17, 15) is 9.90 Å². The lowest BCUT2D eigenvalue weighted by Gasteiger charge is -2.09. The number of ether oxygens (including phenoxy) is 1. The van der Waals surface area contributed by atoms with E-state index in [0.29, 0.717) is 24.3 Å². The van der Waals surface area contributed by atoms with Crippen LogP contribution in [0.5, 0.6) is 5.75 Å². The monoisotopic (exact) mass is 306 g/mol. The Bertz CT molecular complexity index is 852. The van der Waals surface area contributed by atoms with Gasteiger partial charge in [-0.25, -0.2) is 4.79 Å². The number of benzene rings is 3. The lowest BCUT2D eigenvalue weighted by molar-refractivity contribution is 0.0526. The zero-order valence-electron chi connectivity index (χ0n) is 13.0. The fraction of sp³-hybridized carbons (Fsp3) is 0.150. The molecule has 0 radical (unpaired) electrons. The summed E-state index contributed by atoms with van der Waals surface area (Å²) in [6.45, 7) is 2.14. The van der Waals surface area contributed by atoms with E-state index < -0.39 is 0 Å². The summed E-state index contributed by atoms with van der Waals surface area (Å²) >= 11 is 0. The number of carbonyl (C=O) groups excluding carboxylic acids is 1. The molecule has 23 heavy (non-hydrogen) atoms. The van der Waals surface area contributed by atoms with Crippen LogP contribution in [0.3, 0.4) is 0 Å². The zero-order chi connectivity index (χ0) is 16.2. The second-order valence-corrected chi connectivity index (χ2v) is 5.39. The predicted molar refractivity (Wildman–Crippen MR) is 90.8 cm³/mol. The van der Waals surface area contributed by atoms with Crippen molar-refractivity contribution in [2.24, 2.45) is 0 Å². The summed E-state index contributed by atoms with van der Waals surface area (Å²) in [7, 11) is 0. The quantitative estimate of drug-likeness (QED) is 0.730. The number of carbonyl (C=O) groups is 1. The zero-order valence-corrected chi connectivity index (χ0v) is 13.0. The molecule has 0 saturated heterocycles. The number of phenols is 1. The third-order valence-electron chi connectivity index (χ3n) is 3.82. The van der Waals surface area contributed by atoms with Crippen molar-refractivity contribution in [1.29, 1.82) is 0 Å². The summed E-state index contributed by atoms with van der Waals surface area (Å²) in [4.78, 5) is 11.8. The summed E-state index contributed by atoms with van der Waals surface area (Å²) < 4.78 is 5.03. The average Bonchev–Trinajstić information content (AvgIpc) is 2.58. The Kier molecular flexibility index (Phi) is 4.29. The molecule has 1 N–H and O–H groups in total. The van der Waals surface area contributed by atoms with Crippen LogP contribution in [0.25, 0.3) is 10.8 Å². The van der Waals surface area contributed by atoms with Gasteiger partial charge in [0.2, 0.25) is 0 Å². The van der Waals surface area contributed by atoms with Gasteiger partial charge in [-0.2, -0.15) is 0 Å². The lowest BCUT2D eigenvalue weighted by atomic mass is 9.99. The first-order valence-electron chi connectivity index (χ1n) is 7.64. The van der Waals surface area contributed by atoms with Crippen molar-refractivity contribution in [2.75, 3.05) is 6.61 Å². The van der Waals surface area contributed by atoms with Crippen molar-refractivity contribution in [3.63, 3.8) is 0 Å². The normalized spacial score (nSPS) is 10.7. The number of hydrogen-bond donors (Lipinski definition) is 1. The van der Waals surface area contributed by atoms with E-state index in [1.807, 2.05) is 54.6 Å². The molecule has 3 aromatic carbocycles. The second-order valence-electron chi connectivity index (χ2n) is 5.39. The molecule has 0 unspecified atom stereocenters. The largest absolute Gasteiger partial charge is 0.507 e. The Morgan fingerprint density at radius 1 is 1.04 bits per heavy atom. The van der Waals surface area contributed by atoms with Crippen molar-refractivity contribution in [3.05, 3.63) is 77.4 Å². The second kappa shape index (κ2) is 6.53. The Morgan fingerprint density at radius 3 is 2.70 bits per heavy atom. The highest BCUT2D eigenvalue weighted by atomic mass is 16.5. The van der Waals surface area contributed by atoms with Gasteiger partial charge in [0.05, 0.1) is 12.2 Å². The first-order chi connectivity index (χ1) is 11.2. The molecule has 0 amide bonds. The van der Waals surface area contributed by atoms with Gasteiger partial charge in [0.15, 0.2) is 0 Å². The smallest absolute Gasteiger partial charge is 0.338 e. The van der Waals surface area contributed by atoms with Gasteiger partial charge < -0.3 is 9.84 Å². The summed E-state index contributed by atoms with van der Waals surface area (Å²) in [5, 5.41) is 12.3. The van der Waals surface area contributed by atoms with Crippen molar-refractivity contribution in [1.82, 2.24) is 0 Å². The highest BCUT2D eigenvalue weighted by molar-refractivity contribution is 5.90. The topological polar surface area (TPSA) is 46.5 Å². The summed E-state index contributed by atoms with van der Waals surface area (Å²) in [6, 6.07) is 19.0. The van der Waals surface area contributed by atoms with E-state index in [1.54, 1.807) is 13.0 Å². The van der Waals surface area contributed by atoms with Crippen LogP contribution in [-0.4, -0.2) is 17.7 Å². The Balaban J connectivity index is 1.92. The molecule has 3 nitrogen and oxygen atoms in total. The van der Waals surface area contributed by atoms with Gasteiger partial charge in [0.1, 0.15) is 5.75 Å². The predicted octanol–water partition coefficient (Wildman–Crippen LogP) is 4.31. The van der Waals surface area contributed by atoms with Gasteiger partial charge >= 0.3 is 5.97 Å². The minimum atomic E-state index is -0.322. The summed E-state index contributed by atoms with van der Waals surface area (Å²) in [5.74, 6) is -0.0262.